The van der Waals surface area contributed by atoms with Gasteiger partial charge in [0.1, 0.15) is 5.75 Å². The van der Waals surface area contributed by atoms with Gasteiger partial charge in [0, 0.05) is 23.1 Å². The molecule has 0 aliphatic heterocycles. The maximum atomic E-state index is 12.7. The second kappa shape index (κ2) is 9.39. The van der Waals surface area contributed by atoms with Crippen LogP contribution in [0.25, 0.3) is 11.3 Å². The van der Waals surface area contributed by atoms with Gasteiger partial charge in [0.2, 0.25) is 0 Å². The molecule has 7 heteroatoms. The number of carbonyl (C=O) groups is 1. The van der Waals surface area contributed by atoms with Gasteiger partial charge in [0.05, 0.1) is 12.3 Å². The van der Waals surface area contributed by atoms with Crippen molar-refractivity contribution in [3.63, 3.8) is 0 Å². The molecule has 1 aromatic heterocycles. The fourth-order valence-corrected chi connectivity index (χ4v) is 3.46. The van der Waals surface area contributed by atoms with Crippen LogP contribution in [0.4, 0.5) is 5.13 Å². The number of nitrogens with zero attached hydrogens (tertiary/aromatic N) is 1. The van der Waals surface area contributed by atoms with E-state index in [2.05, 4.69) is 22.4 Å². The van der Waals surface area contributed by atoms with Gasteiger partial charge in [-0.1, -0.05) is 35.9 Å². The van der Waals surface area contributed by atoms with E-state index >= 15 is 0 Å². The summed E-state index contributed by atoms with van der Waals surface area (Å²) in [5.41, 5.74) is 1.96. The monoisotopic (exact) mass is 430 g/mol. The van der Waals surface area contributed by atoms with Crippen LogP contribution < -0.4 is 10.1 Å². The molecule has 0 fully saturated rings. The van der Waals surface area contributed by atoms with Gasteiger partial charge in [-0.25, -0.2) is 4.98 Å². The molecule has 0 spiro atoms. The predicted octanol–water partition coefficient (Wildman–Crippen LogP) is 5.45. The molecule has 1 amide bonds. The summed E-state index contributed by atoms with van der Waals surface area (Å²) in [6, 6.07) is 15.1. The van der Waals surface area contributed by atoms with E-state index in [4.69, 9.17) is 21.1 Å². The highest BCUT2D eigenvalue weighted by molar-refractivity contribution is 7.14. The molecule has 0 aliphatic rings. The first-order valence-electron chi connectivity index (χ1n) is 9.17. The zero-order chi connectivity index (χ0) is 20.9. The standard InChI is InChI=1S/C22H23ClN2O3S/c1-22(2,28-18-10-8-17(23)9-11-18)20(26)25-21-24-19(14-29-21)16-6-4-15(5-7-16)12-13-27-3/h4-11,14H,12-13H2,1-3H3,(H,24,25,26). The molecule has 0 radical (unpaired) electrons. The Kier molecular flexibility index (Phi) is 6.90. The van der Waals surface area contributed by atoms with E-state index in [1.165, 1.54) is 16.9 Å². The zero-order valence-corrected chi connectivity index (χ0v) is 18.1. The van der Waals surface area contributed by atoms with Crippen molar-refractivity contribution >= 4 is 34.0 Å². The van der Waals surface area contributed by atoms with Crippen molar-refractivity contribution in [2.75, 3.05) is 19.0 Å². The Morgan fingerprint density at radius 1 is 1.14 bits per heavy atom. The number of nitrogens with one attached hydrogen (secondary N) is 1. The molecule has 152 valence electrons. The Bertz CT molecular complexity index is 953. The van der Waals surface area contributed by atoms with Crippen molar-refractivity contribution < 1.29 is 14.3 Å². The van der Waals surface area contributed by atoms with E-state index < -0.39 is 5.60 Å². The van der Waals surface area contributed by atoms with Crippen molar-refractivity contribution in [3.8, 4) is 17.0 Å². The molecule has 29 heavy (non-hydrogen) atoms. The van der Waals surface area contributed by atoms with Crippen LogP contribution in [0.5, 0.6) is 5.75 Å². The molecule has 0 saturated carbocycles. The van der Waals surface area contributed by atoms with E-state index in [0.717, 1.165) is 17.7 Å². The van der Waals surface area contributed by atoms with E-state index in [0.29, 0.717) is 22.5 Å². The lowest BCUT2D eigenvalue weighted by atomic mass is 10.1. The van der Waals surface area contributed by atoms with E-state index in [-0.39, 0.29) is 5.91 Å². The first-order valence-corrected chi connectivity index (χ1v) is 10.4. The molecule has 0 atom stereocenters. The van der Waals surface area contributed by atoms with Crippen molar-refractivity contribution in [2.24, 2.45) is 0 Å². The second-order valence-electron chi connectivity index (χ2n) is 7.00. The Morgan fingerprint density at radius 3 is 2.48 bits per heavy atom. The highest BCUT2D eigenvalue weighted by Crippen LogP contribution is 2.27. The van der Waals surface area contributed by atoms with Gasteiger partial charge in [0.25, 0.3) is 5.91 Å². The number of hydrogen-bond acceptors (Lipinski definition) is 5. The molecule has 3 rings (SSSR count). The average molecular weight is 431 g/mol. The van der Waals surface area contributed by atoms with Gasteiger partial charge in [-0.05, 0) is 50.1 Å². The van der Waals surface area contributed by atoms with Crippen molar-refractivity contribution in [2.45, 2.75) is 25.9 Å². The third-order valence-electron chi connectivity index (χ3n) is 4.30. The fourth-order valence-electron chi connectivity index (χ4n) is 2.62. The smallest absolute Gasteiger partial charge is 0.269 e. The molecule has 0 saturated heterocycles. The lowest BCUT2D eigenvalue weighted by Crippen LogP contribution is -2.42. The van der Waals surface area contributed by atoms with Crippen LogP contribution in [0.1, 0.15) is 19.4 Å². The number of amides is 1. The number of carbonyl (C=O) groups excluding carboxylic acids is 1. The predicted molar refractivity (Wildman–Crippen MR) is 118 cm³/mol. The molecule has 1 N–H and O–H groups in total. The maximum Gasteiger partial charge on any atom is 0.269 e. The van der Waals surface area contributed by atoms with Crippen LogP contribution in [0.15, 0.2) is 53.9 Å². The maximum absolute atomic E-state index is 12.7. The minimum atomic E-state index is -1.07. The fraction of sp³-hybridized carbons (Fsp3) is 0.273. The number of thiazole rings is 1. The first kappa shape index (κ1) is 21.3. The van der Waals surface area contributed by atoms with Gasteiger partial charge in [0.15, 0.2) is 10.7 Å². The number of methoxy groups -OCH3 is 1. The average Bonchev–Trinajstić information content (AvgIpc) is 3.17. The largest absolute Gasteiger partial charge is 0.478 e. The first-order chi connectivity index (χ1) is 13.9. The molecule has 0 unspecified atom stereocenters. The van der Waals surface area contributed by atoms with Crippen molar-refractivity contribution in [1.82, 2.24) is 4.98 Å². The van der Waals surface area contributed by atoms with E-state index in [1.807, 2.05) is 17.5 Å². The summed E-state index contributed by atoms with van der Waals surface area (Å²) in [5, 5.41) is 5.91. The Labute approximate surface area is 179 Å². The minimum Gasteiger partial charge on any atom is -0.478 e. The Hall–Kier alpha value is -2.41. The van der Waals surface area contributed by atoms with Crippen LogP contribution in [-0.4, -0.2) is 30.2 Å². The van der Waals surface area contributed by atoms with Crippen molar-refractivity contribution in [3.05, 3.63) is 64.5 Å². The Morgan fingerprint density at radius 2 is 1.83 bits per heavy atom. The third-order valence-corrected chi connectivity index (χ3v) is 5.31. The summed E-state index contributed by atoms with van der Waals surface area (Å²) >= 11 is 7.27. The van der Waals surface area contributed by atoms with Crippen LogP contribution >= 0.6 is 22.9 Å². The number of hydrogen-bond donors (Lipinski definition) is 1. The summed E-state index contributed by atoms with van der Waals surface area (Å²) in [6.45, 7) is 4.12. The SMILES string of the molecule is COCCc1ccc(-c2csc(NC(=O)C(C)(C)Oc3ccc(Cl)cc3)n2)cc1. The quantitative estimate of drug-likeness (QED) is 0.516. The highest BCUT2D eigenvalue weighted by atomic mass is 35.5. The number of aromatic nitrogens is 1. The highest BCUT2D eigenvalue weighted by Gasteiger charge is 2.30. The third kappa shape index (κ3) is 5.79. The van der Waals surface area contributed by atoms with Gasteiger partial charge in [-0.15, -0.1) is 11.3 Å². The van der Waals surface area contributed by atoms with E-state index in [1.54, 1.807) is 45.2 Å². The number of ether oxygens (including phenoxy) is 2. The van der Waals surface area contributed by atoms with Gasteiger partial charge in [-0.2, -0.15) is 0 Å². The molecule has 2 aromatic carbocycles. The topological polar surface area (TPSA) is 60.5 Å². The number of rotatable bonds is 8. The van der Waals surface area contributed by atoms with Gasteiger partial charge >= 0.3 is 0 Å². The summed E-state index contributed by atoms with van der Waals surface area (Å²) in [5.74, 6) is 0.297. The summed E-state index contributed by atoms with van der Waals surface area (Å²) in [7, 11) is 1.70. The van der Waals surface area contributed by atoms with Crippen LogP contribution in [-0.2, 0) is 16.0 Å². The van der Waals surface area contributed by atoms with Crippen LogP contribution in [0.3, 0.4) is 0 Å². The molecule has 0 bridgehead atoms. The molecule has 3 aromatic rings. The van der Waals surface area contributed by atoms with Crippen molar-refractivity contribution in [1.29, 1.82) is 0 Å². The lowest BCUT2D eigenvalue weighted by Gasteiger charge is -2.24. The number of benzene rings is 2. The summed E-state index contributed by atoms with van der Waals surface area (Å²) in [4.78, 5) is 17.2. The molecule has 1 heterocycles. The number of anilines is 1. The van der Waals surface area contributed by atoms with Crippen LogP contribution in [0.2, 0.25) is 5.02 Å². The van der Waals surface area contributed by atoms with Crippen LogP contribution in [0, 0.1) is 0 Å². The second-order valence-corrected chi connectivity index (χ2v) is 8.29. The summed E-state index contributed by atoms with van der Waals surface area (Å²) < 4.78 is 10.9. The zero-order valence-electron chi connectivity index (χ0n) is 16.6. The van der Waals surface area contributed by atoms with Gasteiger partial charge in [-0.3, -0.25) is 10.1 Å². The molecule has 5 nitrogen and oxygen atoms in total. The molecular weight excluding hydrogens is 408 g/mol. The lowest BCUT2D eigenvalue weighted by molar-refractivity contribution is -0.128. The number of halogens is 1. The van der Waals surface area contributed by atoms with E-state index in [9.17, 15) is 4.79 Å². The minimum absolute atomic E-state index is 0.275. The van der Waals surface area contributed by atoms with Gasteiger partial charge < -0.3 is 9.47 Å². The molecular formula is C22H23ClN2O3S. The Balaban J connectivity index is 1.64. The summed E-state index contributed by atoms with van der Waals surface area (Å²) in [6.07, 6.45) is 0.873. The molecule has 0 aliphatic carbocycles. The normalized spacial score (nSPS) is 11.3.